The van der Waals surface area contributed by atoms with Gasteiger partial charge in [-0.3, -0.25) is 4.79 Å². The number of carbonyl (C=O) groups is 1. The number of halogens is 1. The maximum Gasteiger partial charge on any atom is 0.265 e. The highest BCUT2D eigenvalue weighted by molar-refractivity contribution is 9.11. The minimum absolute atomic E-state index is 0.0723. The van der Waals surface area contributed by atoms with Gasteiger partial charge in [0.2, 0.25) is 0 Å². The van der Waals surface area contributed by atoms with Gasteiger partial charge in [0.05, 0.1) is 8.66 Å². The molecule has 0 bridgehead atoms. The molecule has 76 valence electrons. The molecule has 2 nitrogen and oxygen atoms in total. The van der Waals surface area contributed by atoms with Crippen molar-refractivity contribution in [3.05, 3.63) is 51.1 Å². The van der Waals surface area contributed by atoms with Crippen molar-refractivity contribution in [1.29, 1.82) is 0 Å². The molecule has 0 radical (unpaired) electrons. The van der Waals surface area contributed by atoms with Crippen molar-refractivity contribution >= 4 is 38.9 Å². The fourth-order valence-electron chi connectivity index (χ4n) is 1.15. The van der Waals surface area contributed by atoms with Crippen LogP contribution in [-0.2, 0) is 0 Å². The van der Waals surface area contributed by atoms with Crippen LogP contribution < -0.4 is 5.32 Å². The van der Waals surface area contributed by atoms with Gasteiger partial charge in [0.15, 0.2) is 0 Å². The van der Waals surface area contributed by atoms with E-state index in [-0.39, 0.29) is 5.91 Å². The Morgan fingerprint density at radius 1 is 1.13 bits per heavy atom. The maximum absolute atomic E-state index is 11.7. The van der Waals surface area contributed by atoms with E-state index >= 15 is 0 Å². The van der Waals surface area contributed by atoms with Crippen molar-refractivity contribution < 1.29 is 4.79 Å². The van der Waals surface area contributed by atoms with E-state index in [0.717, 1.165) is 9.47 Å². The van der Waals surface area contributed by atoms with Gasteiger partial charge in [0.25, 0.3) is 5.91 Å². The van der Waals surface area contributed by atoms with Crippen LogP contribution in [0.2, 0.25) is 0 Å². The fraction of sp³-hybridized carbons (Fsp3) is 0. The van der Waals surface area contributed by atoms with Gasteiger partial charge in [0, 0.05) is 5.69 Å². The number of thiophene rings is 1. The molecule has 1 amide bonds. The number of carbonyl (C=O) groups excluding carboxylic acids is 1. The predicted molar refractivity (Wildman–Crippen MR) is 66.4 cm³/mol. The summed E-state index contributed by atoms with van der Waals surface area (Å²) in [5, 5.41) is 2.82. The fourth-order valence-corrected chi connectivity index (χ4v) is 2.43. The lowest BCUT2D eigenvalue weighted by Gasteiger charge is -2.01. The van der Waals surface area contributed by atoms with Crippen molar-refractivity contribution in [3.63, 3.8) is 0 Å². The lowest BCUT2D eigenvalue weighted by Crippen LogP contribution is -2.09. The number of benzene rings is 1. The summed E-state index contributed by atoms with van der Waals surface area (Å²) >= 11 is 4.74. The van der Waals surface area contributed by atoms with Crippen LogP contribution in [0.25, 0.3) is 0 Å². The third kappa shape index (κ3) is 2.67. The molecule has 0 aliphatic heterocycles. The van der Waals surface area contributed by atoms with E-state index in [1.54, 1.807) is 6.07 Å². The quantitative estimate of drug-likeness (QED) is 0.892. The van der Waals surface area contributed by atoms with E-state index in [1.807, 2.05) is 36.4 Å². The van der Waals surface area contributed by atoms with Crippen LogP contribution >= 0.6 is 27.3 Å². The highest BCUT2D eigenvalue weighted by Gasteiger charge is 2.07. The van der Waals surface area contributed by atoms with Gasteiger partial charge in [-0.25, -0.2) is 0 Å². The van der Waals surface area contributed by atoms with Crippen LogP contribution in [0.1, 0.15) is 9.67 Å². The number of rotatable bonds is 2. The third-order valence-corrected chi connectivity index (χ3v) is 3.45. The van der Waals surface area contributed by atoms with E-state index in [1.165, 1.54) is 11.3 Å². The summed E-state index contributed by atoms with van der Waals surface area (Å²) in [6.45, 7) is 0. The van der Waals surface area contributed by atoms with E-state index in [0.29, 0.717) is 4.88 Å². The first-order valence-corrected chi connectivity index (χ1v) is 5.98. The second kappa shape index (κ2) is 4.59. The normalized spacial score (nSPS) is 9.93. The summed E-state index contributed by atoms with van der Waals surface area (Å²) in [6, 6.07) is 13.1. The minimum atomic E-state index is -0.0723. The molecule has 2 rings (SSSR count). The number of anilines is 1. The smallest absolute Gasteiger partial charge is 0.265 e. The third-order valence-electron chi connectivity index (χ3n) is 1.83. The van der Waals surface area contributed by atoms with Crippen molar-refractivity contribution in [1.82, 2.24) is 0 Å². The molecule has 0 atom stereocenters. The van der Waals surface area contributed by atoms with Crippen molar-refractivity contribution in [2.75, 3.05) is 5.32 Å². The Labute approximate surface area is 100 Å². The van der Waals surface area contributed by atoms with Gasteiger partial charge >= 0.3 is 0 Å². The second-order valence-electron chi connectivity index (χ2n) is 2.92. The SMILES string of the molecule is O=C(Nc1ccccc1)c1ccc(Br)s1. The lowest BCUT2D eigenvalue weighted by molar-refractivity contribution is 0.103. The minimum Gasteiger partial charge on any atom is -0.321 e. The second-order valence-corrected chi connectivity index (χ2v) is 5.39. The number of nitrogens with one attached hydrogen (secondary N) is 1. The van der Waals surface area contributed by atoms with Crippen molar-refractivity contribution in [3.8, 4) is 0 Å². The molecule has 1 N–H and O–H groups in total. The van der Waals surface area contributed by atoms with E-state index in [2.05, 4.69) is 21.2 Å². The van der Waals surface area contributed by atoms with E-state index < -0.39 is 0 Å². The highest BCUT2D eigenvalue weighted by atomic mass is 79.9. The molecule has 2 aromatic rings. The molecule has 0 saturated carbocycles. The van der Waals surface area contributed by atoms with Gasteiger partial charge < -0.3 is 5.32 Å². The van der Waals surface area contributed by atoms with Crippen LogP contribution in [-0.4, -0.2) is 5.91 Å². The molecule has 4 heteroatoms. The van der Waals surface area contributed by atoms with Crippen LogP contribution in [0.15, 0.2) is 46.3 Å². The van der Waals surface area contributed by atoms with Crippen LogP contribution in [0.4, 0.5) is 5.69 Å². The average molecular weight is 282 g/mol. The zero-order chi connectivity index (χ0) is 10.7. The zero-order valence-electron chi connectivity index (χ0n) is 7.74. The van der Waals surface area contributed by atoms with E-state index in [4.69, 9.17) is 0 Å². The molecule has 0 aliphatic carbocycles. The first-order valence-electron chi connectivity index (χ1n) is 4.37. The lowest BCUT2D eigenvalue weighted by atomic mass is 10.3. The van der Waals surface area contributed by atoms with Crippen LogP contribution in [0, 0.1) is 0 Å². The standard InChI is InChI=1S/C11H8BrNOS/c12-10-7-6-9(15-10)11(14)13-8-4-2-1-3-5-8/h1-7H,(H,13,14). The van der Waals surface area contributed by atoms with Crippen LogP contribution in [0.5, 0.6) is 0 Å². The van der Waals surface area contributed by atoms with Gasteiger partial charge in [-0.1, -0.05) is 18.2 Å². The van der Waals surface area contributed by atoms with Crippen molar-refractivity contribution in [2.45, 2.75) is 0 Å². The zero-order valence-corrected chi connectivity index (χ0v) is 10.1. The van der Waals surface area contributed by atoms with Gasteiger partial charge in [-0.15, -0.1) is 11.3 Å². The molecule has 0 fully saturated rings. The van der Waals surface area contributed by atoms with Gasteiger partial charge in [-0.05, 0) is 40.2 Å². The number of hydrogen-bond donors (Lipinski definition) is 1. The number of amides is 1. The summed E-state index contributed by atoms with van der Waals surface area (Å²) in [5.74, 6) is -0.0723. The average Bonchev–Trinajstić information content (AvgIpc) is 2.66. The Morgan fingerprint density at radius 2 is 1.87 bits per heavy atom. The molecule has 0 spiro atoms. The van der Waals surface area contributed by atoms with Crippen molar-refractivity contribution in [2.24, 2.45) is 0 Å². The number of hydrogen-bond acceptors (Lipinski definition) is 2. The topological polar surface area (TPSA) is 29.1 Å². The van der Waals surface area contributed by atoms with Gasteiger partial charge in [-0.2, -0.15) is 0 Å². The Kier molecular flexibility index (Phi) is 3.18. The molecule has 1 aromatic carbocycles. The Bertz CT molecular complexity index is 466. The molecule has 0 unspecified atom stereocenters. The summed E-state index contributed by atoms with van der Waals surface area (Å²) in [6.07, 6.45) is 0. The first kappa shape index (κ1) is 10.4. The monoisotopic (exact) mass is 281 g/mol. The highest BCUT2D eigenvalue weighted by Crippen LogP contribution is 2.22. The Balaban J connectivity index is 2.11. The number of para-hydroxylation sites is 1. The molecule has 1 heterocycles. The van der Waals surface area contributed by atoms with E-state index in [9.17, 15) is 4.79 Å². The largest absolute Gasteiger partial charge is 0.321 e. The Hall–Kier alpha value is -1.13. The maximum atomic E-state index is 11.7. The first-order chi connectivity index (χ1) is 7.25. The van der Waals surface area contributed by atoms with Crippen LogP contribution in [0.3, 0.4) is 0 Å². The summed E-state index contributed by atoms with van der Waals surface area (Å²) in [5.41, 5.74) is 0.812. The summed E-state index contributed by atoms with van der Waals surface area (Å²) < 4.78 is 0.959. The molecular weight excluding hydrogens is 274 g/mol. The molecule has 0 aliphatic rings. The summed E-state index contributed by atoms with van der Waals surface area (Å²) in [4.78, 5) is 12.4. The molecular formula is C11H8BrNOS. The predicted octanol–water partition coefficient (Wildman–Crippen LogP) is 3.76. The Morgan fingerprint density at radius 3 is 2.47 bits per heavy atom. The molecule has 0 saturated heterocycles. The molecule has 15 heavy (non-hydrogen) atoms. The molecule has 1 aromatic heterocycles. The summed E-state index contributed by atoms with van der Waals surface area (Å²) in [7, 11) is 0. The van der Waals surface area contributed by atoms with Gasteiger partial charge in [0.1, 0.15) is 0 Å².